The van der Waals surface area contributed by atoms with E-state index >= 15 is 0 Å². The molecule has 2 rings (SSSR count). The highest BCUT2D eigenvalue weighted by Gasteiger charge is 2.22. The summed E-state index contributed by atoms with van der Waals surface area (Å²) in [5, 5.41) is 0. The quantitative estimate of drug-likeness (QED) is 0.455. The third-order valence-electron chi connectivity index (χ3n) is 4.44. The fraction of sp³-hybridized carbons (Fsp3) is 0.520. The lowest BCUT2D eigenvalue weighted by atomic mass is 9.99. The number of nitrogens with one attached hydrogen (secondary N) is 1. The highest BCUT2D eigenvalue weighted by atomic mass is 32.2. The lowest BCUT2D eigenvalue weighted by Crippen LogP contribution is -2.32. The van der Waals surface area contributed by atoms with E-state index in [1.54, 1.807) is 0 Å². The van der Waals surface area contributed by atoms with Crippen LogP contribution in [0.3, 0.4) is 0 Å². The van der Waals surface area contributed by atoms with E-state index in [9.17, 15) is 8.42 Å². The Balaban J connectivity index is 2.12. The van der Waals surface area contributed by atoms with Crippen LogP contribution in [0.25, 0.3) is 0 Å². The van der Waals surface area contributed by atoms with Gasteiger partial charge in [-0.3, -0.25) is 0 Å². The minimum Gasteiger partial charge on any atom is -0.493 e. The number of sulfonamides is 1. The summed E-state index contributed by atoms with van der Waals surface area (Å²) in [4.78, 5) is 0. The zero-order valence-corrected chi connectivity index (χ0v) is 20.2. The number of rotatable bonds is 12. The van der Waals surface area contributed by atoms with Gasteiger partial charge in [0.1, 0.15) is 5.75 Å². The third kappa shape index (κ3) is 9.85. The average Bonchev–Trinajstić information content (AvgIpc) is 2.70. The zero-order valence-electron chi connectivity index (χ0n) is 19.4. The molecule has 2 aromatic rings. The van der Waals surface area contributed by atoms with E-state index < -0.39 is 16.1 Å². The van der Waals surface area contributed by atoms with Crippen molar-refractivity contribution in [1.82, 2.24) is 4.72 Å². The Bertz CT molecular complexity index is 889. The van der Waals surface area contributed by atoms with Crippen LogP contribution in [-0.2, 0) is 14.8 Å². The standard InChI is InChI=1S/C25H37NO4S/c1-20(2)18-30-23-14-9-13-22(17-23)24(21-11-7-6-8-12-21)26-31(27,28)16-10-15-29-19-25(3,4)5/h6-9,11-14,17,20,24,26H,10,15-16,18-19H2,1-5H3. The molecule has 0 spiro atoms. The van der Waals surface area contributed by atoms with Gasteiger partial charge in [-0.2, -0.15) is 0 Å². The SMILES string of the molecule is CC(C)COc1cccc(C(NS(=O)(=O)CCCOCC(C)(C)C)c2ccccc2)c1. The summed E-state index contributed by atoms with van der Waals surface area (Å²) < 4.78 is 40.1. The van der Waals surface area contributed by atoms with E-state index in [-0.39, 0.29) is 11.2 Å². The smallest absolute Gasteiger partial charge is 0.212 e. The maximum Gasteiger partial charge on any atom is 0.212 e. The Morgan fingerprint density at radius 3 is 2.29 bits per heavy atom. The Morgan fingerprint density at radius 2 is 1.65 bits per heavy atom. The second-order valence-electron chi connectivity index (χ2n) is 9.52. The maximum atomic E-state index is 12.8. The first-order valence-electron chi connectivity index (χ1n) is 10.9. The monoisotopic (exact) mass is 447 g/mol. The van der Waals surface area contributed by atoms with E-state index in [0.29, 0.717) is 32.2 Å². The molecule has 0 radical (unpaired) electrons. The predicted molar refractivity (Wildman–Crippen MR) is 127 cm³/mol. The zero-order chi connectivity index (χ0) is 22.9. The lowest BCUT2D eigenvalue weighted by molar-refractivity contribution is 0.0720. The summed E-state index contributed by atoms with van der Waals surface area (Å²) in [5.41, 5.74) is 1.80. The van der Waals surface area contributed by atoms with Crippen LogP contribution in [0.4, 0.5) is 0 Å². The van der Waals surface area contributed by atoms with Crippen LogP contribution in [-0.4, -0.2) is 34.0 Å². The first kappa shape index (κ1) is 25.4. The van der Waals surface area contributed by atoms with Gasteiger partial charge in [0.05, 0.1) is 25.0 Å². The molecule has 2 aromatic carbocycles. The van der Waals surface area contributed by atoms with E-state index in [2.05, 4.69) is 39.3 Å². The Morgan fingerprint density at radius 1 is 0.968 bits per heavy atom. The molecular formula is C25H37NO4S. The van der Waals surface area contributed by atoms with Crippen molar-refractivity contribution in [1.29, 1.82) is 0 Å². The molecule has 31 heavy (non-hydrogen) atoms. The fourth-order valence-electron chi connectivity index (χ4n) is 2.99. The van der Waals surface area contributed by atoms with Crippen LogP contribution in [0.5, 0.6) is 5.75 Å². The molecule has 5 nitrogen and oxygen atoms in total. The second-order valence-corrected chi connectivity index (χ2v) is 11.4. The molecule has 0 fully saturated rings. The Kier molecular flexibility index (Phi) is 9.54. The summed E-state index contributed by atoms with van der Waals surface area (Å²) in [6, 6.07) is 16.8. The summed E-state index contributed by atoms with van der Waals surface area (Å²) in [5.74, 6) is 1.17. The van der Waals surface area contributed by atoms with Crippen LogP contribution in [0.2, 0.25) is 0 Å². The number of hydrogen-bond acceptors (Lipinski definition) is 4. The molecule has 0 aliphatic rings. The van der Waals surface area contributed by atoms with Gasteiger partial charge < -0.3 is 9.47 Å². The van der Waals surface area contributed by atoms with Crippen molar-refractivity contribution < 1.29 is 17.9 Å². The maximum absolute atomic E-state index is 12.8. The van der Waals surface area contributed by atoms with Gasteiger partial charge in [0.15, 0.2) is 0 Å². The van der Waals surface area contributed by atoms with Crippen LogP contribution < -0.4 is 9.46 Å². The molecule has 172 valence electrons. The van der Waals surface area contributed by atoms with E-state index in [1.807, 2.05) is 54.6 Å². The molecule has 0 amide bonds. The van der Waals surface area contributed by atoms with E-state index in [4.69, 9.17) is 9.47 Å². The summed E-state index contributed by atoms with van der Waals surface area (Å²) >= 11 is 0. The van der Waals surface area contributed by atoms with Gasteiger partial charge in [-0.05, 0) is 41.0 Å². The van der Waals surface area contributed by atoms with Gasteiger partial charge in [-0.1, -0.05) is 77.1 Å². The van der Waals surface area contributed by atoms with Crippen LogP contribution in [0.1, 0.15) is 58.2 Å². The molecule has 0 bridgehead atoms. The number of benzene rings is 2. The van der Waals surface area contributed by atoms with E-state index in [0.717, 1.165) is 16.9 Å². The van der Waals surface area contributed by atoms with Gasteiger partial charge in [0.2, 0.25) is 10.0 Å². The summed E-state index contributed by atoms with van der Waals surface area (Å²) in [7, 11) is -3.50. The molecule has 0 saturated carbocycles. The minimum atomic E-state index is -3.50. The van der Waals surface area contributed by atoms with Crippen molar-refractivity contribution in [2.24, 2.45) is 11.3 Å². The van der Waals surface area contributed by atoms with Crippen molar-refractivity contribution in [3.8, 4) is 5.75 Å². The molecule has 0 aliphatic heterocycles. The average molecular weight is 448 g/mol. The van der Waals surface area contributed by atoms with Crippen molar-refractivity contribution in [3.05, 3.63) is 65.7 Å². The molecule has 0 aromatic heterocycles. The van der Waals surface area contributed by atoms with Gasteiger partial charge in [-0.15, -0.1) is 0 Å². The largest absolute Gasteiger partial charge is 0.493 e. The van der Waals surface area contributed by atoms with Gasteiger partial charge in [-0.25, -0.2) is 13.1 Å². The third-order valence-corrected chi connectivity index (χ3v) is 5.86. The second kappa shape index (κ2) is 11.7. The highest BCUT2D eigenvalue weighted by molar-refractivity contribution is 7.89. The van der Waals surface area contributed by atoms with Crippen LogP contribution in [0, 0.1) is 11.3 Å². The first-order chi connectivity index (χ1) is 14.6. The Hall–Kier alpha value is -1.89. The number of ether oxygens (including phenoxy) is 2. The van der Waals surface area contributed by atoms with Crippen molar-refractivity contribution in [3.63, 3.8) is 0 Å². The molecule has 0 aliphatic carbocycles. The normalized spacial score (nSPS) is 13.4. The topological polar surface area (TPSA) is 64.6 Å². The molecule has 1 unspecified atom stereocenters. The first-order valence-corrected chi connectivity index (χ1v) is 12.6. The highest BCUT2D eigenvalue weighted by Crippen LogP contribution is 2.26. The molecule has 1 atom stereocenters. The van der Waals surface area contributed by atoms with Crippen molar-refractivity contribution >= 4 is 10.0 Å². The molecule has 0 saturated heterocycles. The molecular weight excluding hydrogens is 410 g/mol. The van der Waals surface area contributed by atoms with Crippen molar-refractivity contribution in [2.75, 3.05) is 25.6 Å². The van der Waals surface area contributed by atoms with Gasteiger partial charge in [0, 0.05) is 6.61 Å². The minimum absolute atomic E-state index is 0.0179. The molecule has 6 heteroatoms. The van der Waals surface area contributed by atoms with Crippen LogP contribution in [0.15, 0.2) is 54.6 Å². The fourth-order valence-corrected chi connectivity index (χ4v) is 4.24. The predicted octanol–water partition coefficient (Wildman–Crippen LogP) is 5.18. The van der Waals surface area contributed by atoms with Gasteiger partial charge in [0.25, 0.3) is 0 Å². The van der Waals surface area contributed by atoms with E-state index in [1.165, 1.54) is 0 Å². The Labute approximate surface area is 188 Å². The number of hydrogen-bond donors (Lipinski definition) is 1. The molecule has 1 N–H and O–H groups in total. The molecule has 0 heterocycles. The van der Waals surface area contributed by atoms with Gasteiger partial charge >= 0.3 is 0 Å². The lowest BCUT2D eigenvalue weighted by Gasteiger charge is -2.21. The van der Waals surface area contributed by atoms with Crippen LogP contribution >= 0.6 is 0 Å². The van der Waals surface area contributed by atoms with Crippen molar-refractivity contribution in [2.45, 2.75) is 47.1 Å². The summed E-state index contributed by atoms with van der Waals surface area (Å²) in [6.07, 6.45) is 0.449. The summed E-state index contributed by atoms with van der Waals surface area (Å²) in [6.45, 7) is 12.1.